The number of aliphatic hydroxyl groups is 1. The summed E-state index contributed by atoms with van der Waals surface area (Å²) in [6.07, 6.45) is -0.554. The third-order valence-electron chi connectivity index (χ3n) is 4.09. The molecule has 0 radical (unpaired) electrons. The van der Waals surface area contributed by atoms with Crippen molar-refractivity contribution >= 4 is 40.2 Å². The molecule has 0 saturated heterocycles. The van der Waals surface area contributed by atoms with Gasteiger partial charge in [0.05, 0.1) is 6.10 Å². The molecule has 2 aromatic heterocycles. The van der Waals surface area contributed by atoms with E-state index in [0.717, 1.165) is 18.8 Å². The van der Waals surface area contributed by atoms with Gasteiger partial charge in [-0.25, -0.2) is 14.6 Å². The van der Waals surface area contributed by atoms with Crippen LogP contribution < -0.4 is 10.6 Å². The minimum absolute atomic E-state index is 0.289. The van der Waals surface area contributed by atoms with Gasteiger partial charge in [-0.05, 0) is 47.7 Å². The van der Waals surface area contributed by atoms with Crippen molar-refractivity contribution in [2.24, 2.45) is 0 Å². The van der Waals surface area contributed by atoms with Gasteiger partial charge in [0, 0.05) is 23.8 Å². The van der Waals surface area contributed by atoms with Crippen molar-refractivity contribution in [3.8, 4) is 0 Å². The normalized spacial score (nSPS) is 12.5. The fourth-order valence-corrected chi connectivity index (χ4v) is 2.70. The number of hydrogen-bond donors (Lipinski definition) is 3. The molecule has 1 unspecified atom stereocenters. The smallest absolute Gasteiger partial charge is 0.245 e. The molecule has 1 aromatic carbocycles. The Morgan fingerprint density at radius 2 is 1.70 bits per heavy atom. The van der Waals surface area contributed by atoms with E-state index in [2.05, 4.69) is 49.7 Å². The Morgan fingerprint density at radius 3 is 2.33 bits per heavy atom. The topological polar surface area (TPSA) is 112 Å². The number of aromatic nitrogens is 4. The lowest BCUT2D eigenvalue weighted by atomic mass is 10.3. The highest BCUT2D eigenvalue weighted by Gasteiger charge is 2.15. The molecular formula is C17H22ClN7O2. The fourth-order valence-electron chi connectivity index (χ4n) is 2.58. The quantitative estimate of drug-likeness (QED) is 0.506. The number of hydrogen-bond acceptors (Lipinski definition) is 9. The molecule has 9 nitrogen and oxygen atoms in total. The van der Waals surface area contributed by atoms with Gasteiger partial charge in [0.1, 0.15) is 0 Å². The molecule has 0 aliphatic rings. The summed E-state index contributed by atoms with van der Waals surface area (Å²) in [5, 5.41) is 24.7. The average molecular weight is 392 g/mol. The zero-order valence-electron chi connectivity index (χ0n) is 15.2. The van der Waals surface area contributed by atoms with Crippen LogP contribution in [-0.4, -0.2) is 62.6 Å². The largest absolute Gasteiger partial charge is 0.390 e. The van der Waals surface area contributed by atoms with Crippen molar-refractivity contribution in [1.82, 2.24) is 25.2 Å². The van der Waals surface area contributed by atoms with Gasteiger partial charge in [0.25, 0.3) is 0 Å². The Kier molecular flexibility index (Phi) is 6.38. The first-order chi connectivity index (χ1) is 13.1. The third-order valence-corrected chi connectivity index (χ3v) is 4.34. The van der Waals surface area contributed by atoms with E-state index in [4.69, 9.17) is 16.2 Å². The number of nitrogens with zero attached hydrogens (tertiary/aromatic N) is 5. The van der Waals surface area contributed by atoms with Gasteiger partial charge in [0.15, 0.2) is 11.6 Å². The third kappa shape index (κ3) is 5.03. The Bertz CT molecular complexity index is 867. The number of rotatable bonds is 9. The van der Waals surface area contributed by atoms with Crippen LogP contribution in [0.5, 0.6) is 0 Å². The summed E-state index contributed by atoms with van der Waals surface area (Å²) in [5.74, 6) is 0.905. The van der Waals surface area contributed by atoms with E-state index in [1.54, 1.807) is 12.1 Å². The molecule has 0 amide bonds. The highest BCUT2D eigenvalue weighted by Crippen LogP contribution is 2.24. The summed E-state index contributed by atoms with van der Waals surface area (Å²) in [4.78, 5) is 10.9. The van der Waals surface area contributed by atoms with Crippen molar-refractivity contribution in [2.45, 2.75) is 20.0 Å². The van der Waals surface area contributed by atoms with E-state index in [0.29, 0.717) is 35.4 Å². The SMILES string of the molecule is CCN(CC)CC(O)CNc1nc2nonc2nc1Nc1ccc(Cl)cc1. The minimum atomic E-state index is -0.554. The van der Waals surface area contributed by atoms with Gasteiger partial charge in [-0.3, -0.25) is 0 Å². The Morgan fingerprint density at radius 1 is 1.07 bits per heavy atom. The molecular weight excluding hydrogens is 370 g/mol. The Labute approximate surface area is 161 Å². The van der Waals surface area contributed by atoms with Gasteiger partial charge in [-0.1, -0.05) is 25.4 Å². The molecule has 3 rings (SSSR count). The first-order valence-electron chi connectivity index (χ1n) is 8.76. The molecule has 0 saturated carbocycles. The minimum Gasteiger partial charge on any atom is -0.390 e. The van der Waals surface area contributed by atoms with E-state index in [1.165, 1.54) is 0 Å². The van der Waals surface area contributed by atoms with E-state index < -0.39 is 6.10 Å². The van der Waals surface area contributed by atoms with Crippen LogP contribution in [0.15, 0.2) is 28.9 Å². The first-order valence-corrected chi connectivity index (χ1v) is 9.14. The molecule has 27 heavy (non-hydrogen) atoms. The standard InChI is InChI=1S/C17H22ClN7O2/c1-3-25(4-2)10-13(26)9-19-14-15(20-12-7-5-11(18)6-8-12)22-17-16(21-14)23-27-24-17/h5-8,13,26H,3-4,9-10H2,1-2H3,(H,19,21,23)(H,20,22,24). The second-order valence-electron chi connectivity index (χ2n) is 5.98. The van der Waals surface area contributed by atoms with E-state index in [9.17, 15) is 5.11 Å². The average Bonchev–Trinajstić information content (AvgIpc) is 3.13. The highest BCUT2D eigenvalue weighted by atomic mass is 35.5. The summed E-state index contributed by atoms with van der Waals surface area (Å²) in [6.45, 7) is 6.78. The molecule has 3 aromatic rings. The van der Waals surface area contributed by atoms with Crippen LogP contribution in [-0.2, 0) is 0 Å². The lowest BCUT2D eigenvalue weighted by molar-refractivity contribution is 0.128. The van der Waals surface area contributed by atoms with E-state index >= 15 is 0 Å². The zero-order chi connectivity index (χ0) is 19.2. The highest BCUT2D eigenvalue weighted by molar-refractivity contribution is 6.30. The second-order valence-corrected chi connectivity index (χ2v) is 6.42. The summed E-state index contributed by atoms with van der Waals surface area (Å²) >= 11 is 5.93. The Hall–Kier alpha value is -2.49. The molecule has 0 aliphatic carbocycles. The van der Waals surface area contributed by atoms with E-state index in [-0.39, 0.29) is 5.65 Å². The second kappa shape index (κ2) is 8.94. The maximum atomic E-state index is 10.3. The zero-order valence-corrected chi connectivity index (χ0v) is 15.9. The number of likely N-dealkylation sites (N-methyl/N-ethyl adjacent to an activating group) is 1. The molecule has 0 fully saturated rings. The van der Waals surface area contributed by atoms with Crippen LogP contribution in [0.25, 0.3) is 11.3 Å². The molecule has 1 atom stereocenters. The van der Waals surface area contributed by atoms with Crippen LogP contribution in [0.1, 0.15) is 13.8 Å². The lowest BCUT2D eigenvalue weighted by Crippen LogP contribution is -2.36. The molecule has 3 N–H and O–H groups in total. The van der Waals surface area contributed by atoms with E-state index in [1.807, 2.05) is 12.1 Å². The van der Waals surface area contributed by atoms with Crippen molar-refractivity contribution < 1.29 is 9.74 Å². The van der Waals surface area contributed by atoms with Crippen molar-refractivity contribution in [1.29, 1.82) is 0 Å². The molecule has 144 valence electrons. The van der Waals surface area contributed by atoms with Crippen molar-refractivity contribution in [3.05, 3.63) is 29.3 Å². The van der Waals surface area contributed by atoms with Crippen LogP contribution in [0, 0.1) is 0 Å². The van der Waals surface area contributed by atoms with Gasteiger partial charge >= 0.3 is 0 Å². The summed E-state index contributed by atoms with van der Waals surface area (Å²) < 4.78 is 4.69. The van der Waals surface area contributed by atoms with Crippen molar-refractivity contribution in [3.63, 3.8) is 0 Å². The lowest BCUT2D eigenvalue weighted by Gasteiger charge is -2.22. The number of anilines is 3. The number of halogens is 1. The molecule has 10 heteroatoms. The molecule has 0 bridgehead atoms. The number of aliphatic hydroxyl groups excluding tert-OH is 1. The summed E-state index contributed by atoms with van der Waals surface area (Å²) in [7, 11) is 0. The summed E-state index contributed by atoms with van der Waals surface area (Å²) in [5.41, 5.74) is 1.37. The predicted octanol–water partition coefficient (Wildman–Crippen LogP) is 2.52. The fraction of sp³-hybridized carbons (Fsp3) is 0.412. The van der Waals surface area contributed by atoms with Crippen LogP contribution >= 0.6 is 11.6 Å². The van der Waals surface area contributed by atoms with Crippen molar-refractivity contribution in [2.75, 3.05) is 36.8 Å². The van der Waals surface area contributed by atoms with Gasteiger partial charge in [0.2, 0.25) is 11.3 Å². The van der Waals surface area contributed by atoms with Gasteiger partial charge in [-0.2, -0.15) is 0 Å². The number of fused-ring (bicyclic) bond motifs is 1. The van der Waals surface area contributed by atoms with Gasteiger partial charge < -0.3 is 20.6 Å². The van der Waals surface area contributed by atoms with Gasteiger partial charge in [-0.15, -0.1) is 0 Å². The van der Waals surface area contributed by atoms with Crippen LogP contribution in [0.2, 0.25) is 5.02 Å². The first kappa shape index (κ1) is 19.3. The number of nitrogens with one attached hydrogen (secondary N) is 2. The molecule has 0 spiro atoms. The van der Waals surface area contributed by atoms with Crippen LogP contribution in [0.3, 0.4) is 0 Å². The Balaban J connectivity index is 1.77. The molecule has 2 heterocycles. The van der Waals surface area contributed by atoms with Crippen LogP contribution in [0.4, 0.5) is 17.3 Å². The maximum Gasteiger partial charge on any atom is 0.245 e. The predicted molar refractivity (Wildman–Crippen MR) is 104 cm³/mol. The maximum absolute atomic E-state index is 10.3. The molecule has 0 aliphatic heterocycles. The summed E-state index contributed by atoms with van der Waals surface area (Å²) in [6, 6.07) is 7.20. The number of benzene rings is 1. The monoisotopic (exact) mass is 391 g/mol.